The summed E-state index contributed by atoms with van der Waals surface area (Å²) in [6.45, 7) is 8.08. The molecule has 0 saturated carbocycles. The van der Waals surface area contributed by atoms with Crippen LogP contribution in [-0.4, -0.2) is 6.54 Å². The third-order valence-electron chi connectivity index (χ3n) is 4.78. The van der Waals surface area contributed by atoms with Crippen LogP contribution in [0.5, 0.6) is 0 Å². The van der Waals surface area contributed by atoms with Crippen molar-refractivity contribution >= 4 is 0 Å². The van der Waals surface area contributed by atoms with Gasteiger partial charge in [0.25, 0.3) is 0 Å². The predicted molar refractivity (Wildman–Crippen MR) is 101 cm³/mol. The Balaban J connectivity index is 1.83. The normalized spacial score (nSPS) is 12.4. The highest BCUT2D eigenvalue weighted by Gasteiger charge is 2.30. The van der Waals surface area contributed by atoms with E-state index in [-0.39, 0.29) is 5.41 Å². The van der Waals surface area contributed by atoms with Crippen LogP contribution < -0.4 is 5.32 Å². The van der Waals surface area contributed by atoms with Crippen molar-refractivity contribution in [3.63, 3.8) is 0 Å². The topological polar surface area (TPSA) is 12.0 Å². The molecule has 2 aromatic carbocycles. The van der Waals surface area contributed by atoms with Crippen molar-refractivity contribution in [2.75, 3.05) is 6.54 Å². The molecule has 4 heteroatoms. The Hall–Kier alpha value is -1.81. The van der Waals surface area contributed by atoms with Crippen molar-refractivity contribution < 1.29 is 13.2 Å². The first kappa shape index (κ1) is 20.5. The highest BCUT2D eigenvalue weighted by atomic mass is 19.4. The molecule has 0 aliphatic heterocycles. The molecule has 0 saturated heterocycles. The molecular weight excluding hydrogens is 335 g/mol. The summed E-state index contributed by atoms with van der Waals surface area (Å²) < 4.78 is 38.2. The number of rotatable bonds is 8. The lowest BCUT2D eigenvalue weighted by atomic mass is 9.80. The number of hydrogen-bond donors (Lipinski definition) is 1. The molecule has 0 bridgehead atoms. The van der Waals surface area contributed by atoms with E-state index >= 15 is 0 Å². The molecular formula is C22H28F3N. The minimum atomic E-state index is -4.28. The Morgan fingerprint density at radius 3 is 2.19 bits per heavy atom. The molecule has 0 amide bonds. The third kappa shape index (κ3) is 5.87. The van der Waals surface area contributed by atoms with Crippen molar-refractivity contribution in [1.29, 1.82) is 0 Å². The standard InChI is InChI=1S/C22H28F3N/c1-4-13-21(2,3)19-10-8-18(9-11-19)16-26-14-12-17-6-5-7-20(15-17)22(23,24)25/h5-11,15,26H,4,12-14,16H2,1-3H3. The molecule has 1 nitrogen and oxygen atoms in total. The maximum Gasteiger partial charge on any atom is 0.416 e. The Kier molecular flexibility index (Phi) is 6.87. The van der Waals surface area contributed by atoms with E-state index in [1.165, 1.54) is 23.3 Å². The van der Waals surface area contributed by atoms with Crippen LogP contribution in [0.2, 0.25) is 0 Å². The van der Waals surface area contributed by atoms with E-state index in [2.05, 4.69) is 50.4 Å². The van der Waals surface area contributed by atoms with Gasteiger partial charge in [0.15, 0.2) is 0 Å². The van der Waals surface area contributed by atoms with Gasteiger partial charge in [-0.1, -0.05) is 69.7 Å². The smallest absolute Gasteiger partial charge is 0.312 e. The van der Waals surface area contributed by atoms with Gasteiger partial charge in [0, 0.05) is 6.54 Å². The molecule has 142 valence electrons. The molecule has 0 spiro atoms. The van der Waals surface area contributed by atoms with Gasteiger partial charge >= 0.3 is 6.18 Å². The first-order valence-corrected chi connectivity index (χ1v) is 9.18. The van der Waals surface area contributed by atoms with E-state index in [1.54, 1.807) is 6.07 Å². The number of benzene rings is 2. The maximum atomic E-state index is 12.7. The molecule has 0 aromatic heterocycles. The van der Waals surface area contributed by atoms with Gasteiger partial charge in [-0.05, 0) is 47.6 Å². The molecule has 26 heavy (non-hydrogen) atoms. The highest BCUT2D eigenvalue weighted by Crippen LogP contribution is 2.30. The molecule has 1 N–H and O–H groups in total. The minimum absolute atomic E-state index is 0.185. The summed E-state index contributed by atoms with van der Waals surface area (Å²) in [6, 6.07) is 14.2. The summed E-state index contributed by atoms with van der Waals surface area (Å²) in [5, 5.41) is 3.31. The zero-order valence-corrected chi connectivity index (χ0v) is 15.8. The van der Waals surface area contributed by atoms with E-state index < -0.39 is 11.7 Å². The average Bonchev–Trinajstić information content (AvgIpc) is 2.59. The predicted octanol–water partition coefficient (Wildman–Crippen LogP) is 6.12. The molecule has 0 aliphatic rings. The van der Waals surface area contributed by atoms with Crippen molar-refractivity contribution in [3.8, 4) is 0 Å². The van der Waals surface area contributed by atoms with Gasteiger partial charge in [0.05, 0.1) is 5.56 Å². The maximum absolute atomic E-state index is 12.7. The van der Waals surface area contributed by atoms with E-state index in [4.69, 9.17) is 0 Å². The van der Waals surface area contributed by atoms with Crippen LogP contribution in [0.4, 0.5) is 13.2 Å². The fourth-order valence-electron chi connectivity index (χ4n) is 3.21. The van der Waals surface area contributed by atoms with Gasteiger partial charge in [0.1, 0.15) is 0 Å². The second-order valence-electron chi connectivity index (χ2n) is 7.46. The summed E-state index contributed by atoms with van der Waals surface area (Å²) in [5.74, 6) is 0. The second-order valence-corrected chi connectivity index (χ2v) is 7.46. The molecule has 0 unspecified atom stereocenters. The lowest BCUT2D eigenvalue weighted by molar-refractivity contribution is -0.137. The SMILES string of the molecule is CCCC(C)(C)c1ccc(CNCCc2cccc(C(F)(F)F)c2)cc1. The van der Waals surface area contributed by atoms with Gasteiger partial charge in [-0.2, -0.15) is 13.2 Å². The second kappa shape index (κ2) is 8.72. The monoisotopic (exact) mass is 363 g/mol. The molecule has 0 heterocycles. The summed E-state index contributed by atoms with van der Waals surface area (Å²) in [4.78, 5) is 0. The van der Waals surface area contributed by atoms with Gasteiger partial charge < -0.3 is 5.32 Å². The highest BCUT2D eigenvalue weighted by molar-refractivity contribution is 5.28. The summed E-state index contributed by atoms with van der Waals surface area (Å²) >= 11 is 0. The van der Waals surface area contributed by atoms with E-state index in [1.807, 2.05) is 0 Å². The van der Waals surface area contributed by atoms with Crippen molar-refractivity contribution in [1.82, 2.24) is 5.32 Å². The van der Waals surface area contributed by atoms with E-state index in [0.29, 0.717) is 25.1 Å². The first-order valence-electron chi connectivity index (χ1n) is 9.18. The molecule has 0 radical (unpaired) electrons. The van der Waals surface area contributed by atoms with Crippen LogP contribution in [-0.2, 0) is 24.6 Å². The molecule has 2 aromatic rings. The largest absolute Gasteiger partial charge is 0.416 e. The van der Waals surface area contributed by atoms with Crippen LogP contribution in [0.1, 0.15) is 55.9 Å². The number of hydrogen-bond acceptors (Lipinski definition) is 1. The van der Waals surface area contributed by atoms with Gasteiger partial charge in [-0.3, -0.25) is 0 Å². The Morgan fingerprint density at radius 1 is 0.885 bits per heavy atom. The van der Waals surface area contributed by atoms with Crippen LogP contribution in [0.3, 0.4) is 0 Å². The first-order chi connectivity index (χ1) is 12.2. The van der Waals surface area contributed by atoms with Gasteiger partial charge in [0.2, 0.25) is 0 Å². The molecule has 0 fully saturated rings. The quantitative estimate of drug-likeness (QED) is 0.558. The third-order valence-corrected chi connectivity index (χ3v) is 4.78. The van der Waals surface area contributed by atoms with Crippen LogP contribution in [0.15, 0.2) is 48.5 Å². The minimum Gasteiger partial charge on any atom is -0.312 e. The Labute approximate surface area is 154 Å². The van der Waals surface area contributed by atoms with E-state index in [9.17, 15) is 13.2 Å². The fraction of sp³-hybridized carbons (Fsp3) is 0.455. The molecule has 0 atom stereocenters. The molecule has 0 aliphatic carbocycles. The van der Waals surface area contributed by atoms with Gasteiger partial charge in [-0.15, -0.1) is 0 Å². The number of alkyl halides is 3. The Morgan fingerprint density at radius 2 is 1.58 bits per heavy atom. The summed E-state index contributed by atoms with van der Waals surface area (Å²) in [5.41, 5.74) is 2.82. The zero-order chi connectivity index (χ0) is 19.2. The van der Waals surface area contributed by atoms with Crippen LogP contribution >= 0.6 is 0 Å². The van der Waals surface area contributed by atoms with Crippen LogP contribution in [0.25, 0.3) is 0 Å². The summed E-state index contributed by atoms with van der Waals surface area (Å²) in [6.07, 6.45) is -1.39. The van der Waals surface area contributed by atoms with Crippen molar-refractivity contribution in [2.45, 2.75) is 58.2 Å². The lowest BCUT2D eigenvalue weighted by Gasteiger charge is -2.24. The van der Waals surface area contributed by atoms with Crippen LogP contribution in [0, 0.1) is 0 Å². The lowest BCUT2D eigenvalue weighted by Crippen LogP contribution is -2.18. The zero-order valence-electron chi connectivity index (χ0n) is 15.8. The molecule has 2 rings (SSSR count). The fourth-order valence-corrected chi connectivity index (χ4v) is 3.21. The van der Waals surface area contributed by atoms with Gasteiger partial charge in [-0.25, -0.2) is 0 Å². The number of nitrogens with one attached hydrogen (secondary N) is 1. The summed E-state index contributed by atoms with van der Waals surface area (Å²) in [7, 11) is 0. The van der Waals surface area contributed by atoms with E-state index in [0.717, 1.165) is 18.9 Å². The Bertz CT molecular complexity index is 687. The van der Waals surface area contributed by atoms with Crippen molar-refractivity contribution in [3.05, 3.63) is 70.8 Å². The van der Waals surface area contributed by atoms with Crippen molar-refractivity contribution in [2.24, 2.45) is 0 Å². The average molecular weight is 363 g/mol. The number of halogens is 3.